The van der Waals surface area contributed by atoms with Crippen LogP contribution in [0.1, 0.15) is 43.7 Å². The fourth-order valence-electron chi connectivity index (χ4n) is 2.68. The summed E-state index contributed by atoms with van der Waals surface area (Å²) < 4.78 is 29.0. The quantitative estimate of drug-likeness (QED) is 0.804. The highest BCUT2D eigenvalue weighted by molar-refractivity contribution is 9.10. The van der Waals surface area contributed by atoms with Gasteiger partial charge < -0.3 is 5.32 Å². The predicted octanol–water partition coefficient (Wildman–Crippen LogP) is 3.09. The Labute approximate surface area is 135 Å². The van der Waals surface area contributed by atoms with E-state index in [4.69, 9.17) is 0 Å². The van der Waals surface area contributed by atoms with Gasteiger partial charge in [-0.25, -0.2) is 13.1 Å². The van der Waals surface area contributed by atoms with E-state index in [9.17, 15) is 8.42 Å². The molecule has 118 valence electrons. The highest BCUT2D eigenvalue weighted by Crippen LogP contribution is 2.27. The van der Waals surface area contributed by atoms with Crippen LogP contribution >= 0.6 is 15.9 Å². The van der Waals surface area contributed by atoms with E-state index in [0.29, 0.717) is 11.4 Å². The van der Waals surface area contributed by atoms with Crippen LogP contribution in [0.25, 0.3) is 0 Å². The minimum Gasteiger partial charge on any atom is -0.313 e. The van der Waals surface area contributed by atoms with Crippen molar-refractivity contribution in [1.82, 2.24) is 10.0 Å². The third-order valence-electron chi connectivity index (χ3n) is 3.90. The number of benzene rings is 1. The van der Waals surface area contributed by atoms with E-state index in [0.717, 1.165) is 47.8 Å². The Bertz CT molecular complexity index is 596. The van der Waals surface area contributed by atoms with Crippen LogP contribution in [0.3, 0.4) is 0 Å². The van der Waals surface area contributed by atoms with Crippen molar-refractivity contribution < 1.29 is 8.42 Å². The molecule has 0 atom stereocenters. The number of sulfonamides is 1. The van der Waals surface area contributed by atoms with Gasteiger partial charge >= 0.3 is 0 Å². The second-order valence-electron chi connectivity index (χ2n) is 5.58. The molecule has 1 aliphatic rings. The van der Waals surface area contributed by atoms with E-state index < -0.39 is 10.0 Å². The van der Waals surface area contributed by atoms with E-state index >= 15 is 0 Å². The maximum atomic E-state index is 12.6. The van der Waals surface area contributed by atoms with Gasteiger partial charge in [0.15, 0.2) is 0 Å². The first kappa shape index (κ1) is 16.9. The molecule has 0 amide bonds. The molecule has 1 aromatic carbocycles. The second kappa shape index (κ2) is 7.22. The number of nitrogens with one attached hydrogen (secondary N) is 2. The first-order chi connectivity index (χ1) is 9.94. The van der Waals surface area contributed by atoms with Crippen molar-refractivity contribution in [1.29, 1.82) is 0 Å². The molecule has 1 saturated carbocycles. The van der Waals surface area contributed by atoms with Gasteiger partial charge in [-0.2, -0.15) is 0 Å². The molecule has 0 heterocycles. The molecule has 0 saturated heterocycles. The van der Waals surface area contributed by atoms with Crippen molar-refractivity contribution in [3.8, 4) is 0 Å². The summed E-state index contributed by atoms with van der Waals surface area (Å²) in [5.41, 5.74) is 1.74. The molecule has 0 aliphatic heterocycles. The van der Waals surface area contributed by atoms with E-state index in [2.05, 4.69) is 26.0 Å². The first-order valence-electron chi connectivity index (χ1n) is 7.46. The fourth-order valence-corrected chi connectivity index (χ4v) is 4.94. The van der Waals surface area contributed by atoms with Crippen LogP contribution in [0.2, 0.25) is 0 Å². The van der Waals surface area contributed by atoms with Crippen molar-refractivity contribution in [2.45, 2.75) is 57.0 Å². The van der Waals surface area contributed by atoms with Crippen molar-refractivity contribution in [3.05, 3.63) is 27.7 Å². The van der Waals surface area contributed by atoms with E-state index in [1.165, 1.54) is 0 Å². The average Bonchev–Trinajstić information content (AvgIpc) is 2.91. The molecule has 21 heavy (non-hydrogen) atoms. The molecule has 0 bridgehead atoms. The maximum absolute atomic E-state index is 12.6. The molecule has 0 unspecified atom stereocenters. The Kier molecular flexibility index (Phi) is 5.82. The Balaban J connectivity index is 2.29. The lowest BCUT2D eigenvalue weighted by atomic mass is 10.1. The SMILES string of the molecule is CCNCc1cc(Br)c(C)c(S(=O)(=O)NC2CCCC2)c1. The molecule has 2 N–H and O–H groups in total. The third kappa shape index (κ3) is 4.28. The van der Waals surface area contributed by atoms with Crippen molar-refractivity contribution in [2.75, 3.05) is 6.54 Å². The molecule has 0 aromatic heterocycles. The normalized spacial score (nSPS) is 16.5. The zero-order chi connectivity index (χ0) is 15.5. The Morgan fingerprint density at radius 1 is 1.29 bits per heavy atom. The van der Waals surface area contributed by atoms with Gasteiger partial charge in [-0.15, -0.1) is 0 Å². The van der Waals surface area contributed by atoms with Crippen LogP contribution in [-0.2, 0) is 16.6 Å². The number of rotatable bonds is 6. The van der Waals surface area contributed by atoms with Crippen molar-refractivity contribution in [2.24, 2.45) is 0 Å². The summed E-state index contributed by atoms with van der Waals surface area (Å²) in [4.78, 5) is 0.386. The number of hydrogen-bond acceptors (Lipinski definition) is 3. The van der Waals surface area contributed by atoms with Gasteiger partial charge in [-0.05, 0) is 49.6 Å². The van der Waals surface area contributed by atoms with Crippen LogP contribution < -0.4 is 10.0 Å². The Morgan fingerprint density at radius 2 is 1.95 bits per heavy atom. The average molecular weight is 375 g/mol. The van der Waals surface area contributed by atoms with Gasteiger partial charge in [0.05, 0.1) is 4.90 Å². The van der Waals surface area contributed by atoms with E-state index in [1.54, 1.807) is 6.07 Å². The summed E-state index contributed by atoms with van der Waals surface area (Å²) in [5, 5.41) is 3.23. The zero-order valence-corrected chi connectivity index (χ0v) is 15.0. The summed E-state index contributed by atoms with van der Waals surface area (Å²) in [6.07, 6.45) is 4.10. The Hall–Kier alpha value is -0.430. The van der Waals surface area contributed by atoms with Gasteiger partial charge in [0.25, 0.3) is 0 Å². The van der Waals surface area contributed by atoms with E-state index in [1.807, 2.05) is 19.9 Å². The molecule has 1 fully saturated rings. The number of hydrogen-bond donors (Lipinski definition) is 2. The summed E-state index contributed by atoms with van der Waals surface area (Å²) in [6, 6.07) is 3.85. The summed E-state index contributed by atoms with van der Waals surface area (Å²) >= 11 is 3.47. The van der Waals surface area contributed by atoms with Gasteiger partial charge in [-0.1, -0.05) is 35.7 Å². The predicted molar refractivity (Wildman–Crippen MR) is 88.8 cm³/mol. The molecule has 6 heteroatoms. The van der Waals surface area contributed by atoms with Crippen LogP contribution in [0.5, 0.6) is 0 Å². The maximum Gasteiger partial charge on any atom is 0.241 e. The molecule has 1 aliphatic carbocycles. The summed E-state index contributed by atoms with van der Waals surface area (Å²) in [5.74, 6) is 0. The smallest absolute Gasteiger partial charge is 0.241 e. The highest BCUT2D eigenvalue weighted by Gasteiger charge is 2.25. The van der Waals surface area contributed by atoms with Crippen LogP contribution in [0, 0.1) is 6.92 Å². The first-order valence-corrected chi connectivity index (χ1v) is 9.73. The Morgan fingerprint density at radius 3 is 2.57 bits per heavy atom. The van der Waals surface area contributed by atoms with Gasteiger partial charge in [0.1, 0.15) is 0 Å². The standard InChI is InChI=1S/C15H23BrN2O2S/c1-3-17-10-12-8-14(16)11(2)15(9-12)21(19,20)18-13-6-4-5-7-13/h8-9,13,17-18H,3-7,10H2,1-2H3. The zero-order valence-electron chi connectivity index (χ0n) is 12.6. The van der Waals surface area contributed by atoms with Gasteiger partial charge in [0, 0.05) is 17.1 Å². The molecule has 0 radical (unpaired) electrons. The lowest BCUT2D eigenvalue weighted by Crippen LogP contribution is -2.33. The highest BCUT2D eigenvalue weighted by atomic mass is 79.9. The largest absolute Gasteiger partial charge is 0.313 e. The molecule has 0 spiro atoms. The summed E-state index contributed by atoms with van der Waals surface area (Å²) in [7, 11) is -3.45. The molecule has 2 rings (SSSR count). The topological polar surface area (TPSA) is 58.2 Å². The second-order valence-corrected chi connectivity index (χ2v) is 8.12. The van der Waals surface area contributed by atoms with Crippen molar-refractivity contribution >= 4 is 26.0 Å². The monoisotopic (exact) mass is 374 g/mol. The minimum atomic E-state index is -3.45. The van der Waals surface area contributed by atoms with E-state index in [-0.39, 0.29) is 6.04 Å². The fraction of sp³-hybridized carbons (Fsp3) is 0.600. The third-order valence-corrected chi connectivity index (χ3v) is 6.37. The summed E-state index contributed by atoms with van der Waals surface area (Å²) in [6.45, 7) is 5.39. The number of halogens is 1. The van der Waals surface area contributed by atoms with Crippen LogP contribution in [0.15, 0.2) is 21.5 Å². The lowest BCUT2D eigenvalue weighted by molar-refractivity contribution is 0.551. The molecule has 1 aromatic rings. The van der Waals surface area contributed by atoms with Crippen molar-refractivity contribution in [3.63, 3.8) is 0 Å². The van der Waals surface area contributed by atoms with Crippen LogP contribution in [0.4, 0.5) is 0 Å². The van der Waals surface area contributed by atoms with Gasteiger partial charge in [0.2, 0.25) is 10.0 Å². The van der Waals surface area contributed by atoms with Crippen LogP contribution in [-0.4, -0.2) is 21.0 Å². The molecular formula is C15H23BrN2O2S. The molecular weight excluding hydrogens is 352 g/mol. The van der Waals surface area contributed by atoms with Gasteiger partial charge in [-0.3, -0.25) is 0 Å². The lowest BCUT2D eigenvalue weighted by Gasteiger charge is -2.16. The minimum absolute atomic E-state index is 0.0885. The molecule has 4 nitrogen and oxygen atoms in total.